The zero-order chi connectivity index (χ0) is 13.8. The smallest absolute Gasteiger partial charge is 0.301 e. The normalized spacial score (nSPS) is 10.4. The number of halogens is 1. The molecule has 1 heterocycles. The highest BCUT2D eigenvalue weighted by molar-refractivity contribution is 7.98. The highest BCUT2D eigenvalue weighted by Gasteiger charge is 2.14. The largest absolute Gasteiger partial charge is 0.459 e. The molecule has 0 aliphatic rings. The summed E-state index contributed by atoms with van der Waals surface area (Å²) in [5.41, 5.74) is 8.19. The minimum Gasteiger partial charge on any atom is -0.459 e. The zero-order valence-corrected chi connectivity index (χ0v) is 10.7. The van der Waals surface area contributed by atoms with Crippen LogP contribution in [0.3, 0.4) is 0 Å². The lowest BCUT2D eigenvalue weighted by molar-refractivity contribution is 0.0925. The molecule has 1 amide bonds. The molecule has 1 aromatic heterocycles. The van der Waals surface area contributed by atoms with Crippen LogP contribution in [0.4, 0.5) is 10.1 Å². The third kappa shape index (κ3) is 3.07. The number of hydrogen-bond donors (Lipinski definition) is 3. The topological polar surface area (TPSA) is 94.3 Å². The van der Waals surface area contributed by atoms with Gasteiger partial charge in [-0.25, -0.2) is 10.2 Å². The molecule has 0 radical (unpaired) electrons. The Kier molecular flexibility index (Phi) is 4.08. The number of rotatable bonds is 4. The summed E-state index contributed by atoms with van der Waals surface area (Å²) in [4.78, 5) is 12.1. The van der Waals surface area contributed by atoms with Gasteiger partial charge in [0.2, 0.25) is 0 Å². The van der Waals surface area contributed by atoms with Crippen molar-refractivity contribution in [3.05, 3.63) is 47.7 Å². The Bertz CT molecular complexity index is 600. The summed E-state index contributed by atoms with van der Waals surface area (Å²) in [5, 5.41) is 0. The number of carbonyl (C=O) groups is 1. The first kappa shape index (κ1) is 13.4. The second kappa shape index (κ2) is 5.77. The predicted molar refractivity (Wildman–Crippen MR) is 70.7 cm³/mol. The molecule has 0 atom stereocenters. The lowest BCUT2D eigenvalue weighted by Gasteiger charge is -2.03. The predicted octanol–water partition coefficient (Wildman–Crippen LogP) is 1.90. The van der Waals surface area contributed by atoms with Crippen LogP contribution in [0, 0.1) is 5.82 Å². The minimum atomic E-state index is -0.496. The van der Waals surface area contributed by atoms with Crippen molar-refractivity contribution in [3.63, 3.8) is 0 Å². The van der Waals surface area contributed by atoms with E-state index in [4.69, 9.17) is 16.0 Å². The number of hydrazine groups is 1. The second-order valence-corrected chi connectivity index (χ2v) is 4.77. The van der Waals surface area contributed by atoms with Gasteiger partial charge in [0.1, 0.15) is 5.82 Å². The maximum absolute atomic E-state index is 13.3. The van der Waals surface area contributed by atoms with Crippen molar-refractivity contribution >= 4 is 23.4 Å². The summed E-state index contributed by atoms with van der Waals surface area (Å²) in [5.74, 6) is 4.71. The van der Waals surface area contributed by atoms with E-state index in [0.29, 0.717) is 16.2 Å². The molecule has 5 N–H and O–H groups in total. The third-order valence-corrected chi connectivity index (χ3v) is 3.49. The molecular formula is C12H12FN3O2S. The van der Waals surface area contributed by atoms with Gasteiger partial charge in [0, 0.05) is 16.2 Å². The number of hydrogen-bond acceptors (Lipinski definition) is 5. The number of furan rings is 1. The fourth-order valence-corrected chi connectivity index (χ4v) is 2.37. The van der Waals surface area contributed by atoms with E-state index >= 15 is 0 Å². The maximum atomic E-state index is 13.3. The molecule has 0 bridgehead atoms. The summed E-state index contributed by atoms with van der Waals surface area (Å²) < 4.78 is 18.3. The Labute approximate surface area is 113 Å². The second-order valence-electron chi connectivity index (χ2n) is 3.72. The van der Waals surface area contributed by atoms with Crippen LogP contribution in [-0.4, -0.2) is 5.91 Å². The van der Waals surface area contributed by atoms with Crippen molar-refractivity contribution in [3.8, 4) is 0 Å². The maximum Gasteiger partial charge on any atom is 0.301 e. The number of benzene rings is 1. The molecule has 1 aromatic carbocycles. The summed E-state index contributed by atoms with van der Waals surface area (Å²) in [6.45, 7) is 0. The molecule has 0 fully saturated rings. The summed E-state index contributed by atoms with van der Waals surface area (Å²) in [7, 11) is 0. The number of anilines is 1. The van der Waals surface area contributed by atoms with Gasteiger partial charge >= 0.3 is 5.91 Å². The van der Waals surface area contributed by atoms with Crippen LogP contribution in [-0.2, 0) is 5.75 Å². The Hall–Kier alpha value is -1.99. The van der Waals surface area contributed by atoms with Crippen LogP contribution in [0.15, 0.2) is 39.8 Å². The van der Waals surface area contributed by atoms with E-state index in [0.717, 1.165) is 0 Å². The monoisotopic (exact) mass is 281 g/mol. The molecule has 19 heavy (non-hydrogen) atoms. The van der Waals surface area contributed by atoms with Crippen LogP contribution < -0.4 is 17.0 Å². The lowest BCUT2D eigenvalue weighted by atomic mass is 10.3. The van der Waals surface area contributed by atoms with Gasteiger partial charge in [-0.1, -0.05) is 0 Å². The van der Waals surface area contributed by atoms with E-state index in [1.807, 2.05) is 5.43 Å². The molecular weight excluding hydrogens is 269 g/mol. The first-order valence-electron chi connectivity index (χ1n) is 5.37. The number of carbonyl (C=O) groups excluding carboxylic acids is 1. The Morgan fingerprint density at radius 2 is 2.21 bits per heavy atom. The van der Waals surface area contributed by atoms with Crippen molar-refractivity contribution in [1.29, 1.82) is 0 Å². The van der Waals surface area contributed by atoms with Gasteiger partial charge in [0.15, 0.2) is 5.76 Å². The van der Waals surface area contributed by atoms with Gasteiger partial charge < -0.3 is 10.2 Å². The van der Waals surface area contributed by atoms with Crippen LogP contribution >= 0.6 is 11.8 Å². The van der Waals surface area contributed by atoms with Crippen molar-refractivity contribution in [2.24, 2.45) is 5.84 Å². The standard InChI is InChI=1S/C12H12FN3O2S/c13-9-5-8(1-2-10(9)14)19-6-7-3-4-18-11(7)12(17)16-15/h1-5H,6,14-15H2,(H,16,17). The molecule has 2 aromatic rings. The molecule has 0 saturated carbocycles. The molecule has 5 nitrogen and oxygen atoms in total. The van der Waals surface area contributed by atoms with Gasteiger partial charge in [0.25, 0.3) is 0 Å². The quantitative estimate of drug-likeness (QED) is 0.261. The summed E-state index contributed by atoms with van der Waals surface area (Å²) >= 11 is 1.37. The fourth-order valence-electron chi connectivity index (χ4n) is 1.47. The first-order valence-corrected chi connectivity index (χ1v) is 6.35. The van der Waals surface area contributed by atoms with Crippen molar-refractivity contribution in [2.75, 3.05) is 5.73 Å². The van der Waals surface area contributed by atoms with Crippen molar-refractivity contribution in [2.45, 2.75) is 10.6 Å². The molecule has 0 aliphatic carbocycles. The number of nitrogens with two attached hydrogens (primary N) is 2. The first-order chi connectivity index (χ1) is 9.11. The molecule has 0 unspecified atom stereocenters. The fraction of sp³-hybridized carbons (Fsp3) is 0.0833. The Balaban J connectivity index is 2.08. The average molecular weight is 281 g/mol. The minimum absolute atomic E-state index is 0.107. The van der Waals surface area contributed by atoms with E-state index in [1.165, 1.54) is 30.2 Å². The van der Waals surface area contributed by atoms with Crippen LogP contribution in [0.5, 0.6) is 0 Å². The van der Waals surface area contributed by atoms with Gasteiger partial charge in [-0.05, 0) is 24.3 Å². The van der Waals surface area contributed by atoms with E-state index in [9.17, 15) is 9.18 Å². The van der Waals surface area contributed by atoms with Gasteiger partial charge in [0.05, 0.1) is 12.0 Å². The van der Waals surface area contributed by atoms with E-state index in [-0.39, 0.29) is 11.4 Å². The Morgan fingerprint density at radius 3 is 2.89 bits per heavy atom. The summed E-state index contributed by atoms with van der Waals surface area (Å²) in [6.07, 6.45) is 1.41. The Morgan fingerprint density at radius 1 is 1.42 bits per heavy atom. The van der Waals surface area contributed by atoms with E-state index in [2.05, 4.69) is 0 Å². The van der Waals surface area contributed by atoms with Gasteiger partial charge in [-0.2, -0.15) is 0 Å². The average Bonchev–Trinajstić information content (AvgIpc) is 2.87. The van der Waals surface area contributed by atoms with Crippen molar-refractivity contribution < 1.29 is 13.6 Å². The zero-order valence-electron chi connectivity index (χ0n) is 9.85. The van der Waals surface area contributed by atoms with Crippen LogP contribution in [0.2, 0.25) is 0 Å². The molecule has 7 heteroatoms. The number of thioether (sulfide) groups is 1. The highest BCUT2D eigenvalue weighted by atomic mass is 32.2. The SMILES string of the molecule is NNC(=O)c1occc1CSc1ccc(N)c(F)c1. The molecule has 0 spiro atoms. The number of amides is 1. The van der Waals surface area contributed by atoms with Crippen LogP contribution in [0.25, 0.3) is 0 Å². The van der Waals surface area contributed by atoms with Gasteiger partial charge in [-0.3, -0.25) is 10.2 Å². The van der Waals surface area contributed by atoms with Gasteiger partial charge in [-0.15, -0.1) is 11.8 Å². The number of nitrogens with one attached hydrogen (secondary N) is 1. The molecule has 2 rings (SSSR count). The molecule has 0 saturated heterocycles. The molecule has 100 valence electrons. The van der Waals surface area contributed by atoms with E-state index < -0.39 is 11.7 Å². The molecule has 0 aliphatic heterocycles. The summed E-state index contributed by atoms with van der Waals surface area (Å²) in [6, 6.07) is 6.24. The lowest BCUT2D eigenvalue weighted by Crippen LogP contribution is -2.30. The van der Waals surface area contributed by atoms with Crippen LogP contribution in [0.1, 0.15) is 16.1 Å². The third-order valence-electron chi connectivity index (χ3n) is 2.45. The van der Waals surface area contributed by atoms with Crippen molar-refractivity contribution in [1.82, 2.24) is 5.43 Å². The highest BCUT2D eigenvalue weighted by Crippen LogP contribution is 2.27. The number of nitrogen functional groups attached to an aromatic ring is 2. The van der Waals surface area contributed by atoms with E-state index in [1.54, 1.807) is 12.1 Å².